The Balaban J connectivity index is 1.91. The molecular weight excluding hydrogens is 206 g/mol. The second-order valence-corrected chi connectivity index (χ2v) is 6.29. The van der Waals surface area contributed by atoms with E-state index in [1.807, 2.05) is 0 Å². The van der Waals surface area contributed by atoms with E-state index in [0.29, 0.717) is 12.0 Å². The molecule has 1 atom stereocenters. The molecule has 1 heteroatoms. The molecule has 1 nitrogen and oxygen atoms in total. The molecule has 98 valence electrons. The van der Waals surface area contributed by atoms with E-state index in [-0.39, 0.29) is 0 Å². The molecule has 2 aliphatic rings. The summed E-state index contributed by atoms with van der Waals surface area (Å²) >= 11 is 0. The molecule has 0 heterocycles. The lowest BCUT2D eigenvalue weighted by molar-refractivity contribution is 0.326. The Kier molecular flexibility index (Phi) is 5.09. The largest absolute Gasteiger partial charge is 0.308 e. The van der Waals surface area contributed by atoms with Gasteiger partial charge in [-0.1, -0.05) is 51.2 Å². The average Bonchev–Trinajstić information content (AvgIpc) is 2.32. The molecular formula is C16H29N. The maximum Gasteiger partial charge on any atom is 0.0282 e. The summed E-state index contributed by atoms with van der Waals surface area (Å²) in [5, 5.41) is 3.94. The van der Waals surface area contributed by atoms with Gasteiger partial charge in [0, 0.05) is 12.1 Å². The van der Waals surface area contributed by atoms with E-state index in [4.69, 9.17) is 0 Å². The summed E-state index contributed by atoms with van der Waals surface area (Å²) in [6.45, 7) is 4.61. The van der Waals surface area contributed by atoms with Crippen LogP contribution in [0.2, 0.25) is 0 Å². The molecule has 0 radical (unpaired) electrons. The molecule has 0 aromatic heterocycles. The third-order valence-electron chi connectivity index (χ3n) is 4.25. The zero-order valence-electron chi connectivity index (χ0n) is 11.7. The van der Waals surface area contributed by atoms with E-state index in [9.17, 15) is 0 Å². The standard InChI is InChI=1S/C16H29N/c1-13(2)12-14-8-6-7-11-16(14)17-15-9-4-3-5-10-15/h12-13,15-17H,3-11H2,1-2H3/t16-/m0/s1. The predicted molar refractivity (Wildman–Crippen MR) is 75.2 cm³/mol. The molecule has 2 rings (SSSR count). The Bertz CT molecular complexity index is 248. The first-order valence-corrected chi connectivity index (χ1v) is 7.72. The predicted octanol–water partition coefficient (Wildman–Crippen LogP) is 4.43. The molecule has 0 aromatic carbocycles. The van der Waals surface area contributed by atoms with Gasteiger partial charge in [0.1, 0.15) is 0 Å². The van der Waals surface area contributed by atoms with E-state index in [2.05, 4.69) is 25.2 Å². The molecule has 0 unspecified atom stereocenters. The molecule has 2 aliphatic carbocycles. The zero-order valence-corrected chi connectivity index (χ0v) is 11.7. The van der Waals surface area contributed by atoms with Crippen LogP contribution >= 0.6 is 0 Å². The summed E-state index contributed by atoms with van der Waals surface area (Å²) in [7, 11) is 0. The van der Waals surface area contributed by atoms with Crippen molar-refractivity contribution < 1.29 is 0 Å². The first kappa shape index (κ1) is 13.1. The number of allylic oxidation sites excluding steroid dienone is 1. The highest BCUT2D eigenvalue weighted by molar-refractivity contribution is 5.14. The highest BCUT2D eigenvalue weighted by Crippen LogP contribution is 2.27. The minimum Gasteiger partial charge on any atom is -0.308 e. The lowest BCUT2D eigenvalue weighted by Gasteiger charge is -2.33. The normalized spacial score (nSPS) is 30.1. The van der Waals surface area contributed by atoms with Crippen LogP contribution in [-0.2, 0) is 0 Å². The third kappa shape index (κ3) is 4.13. The molecule has 0 amide bonds. The van der Waals surface area contributed by atoms with E-state index < -0.39 is 0 Å². The van der Waals surface area contributed by atoms with Gasteiger partial charge < -0.3 is 5.32 Å². The maximum absolute atomic E-state index is 3.94. The monoisotopic (exact) mass is 235 g/mol. The van der Waals surface area contributed by atoms with Crippen molar-refractivity contribution in [2.45, 2.75) is 83.7 Å². The van der Waals surface area contributed by atoms with E-state index in [1.165, 1.54) is 57.8 Å². The quantitative estimate of drug-likeness (QED) is 0.713. The number of hydrogen-bond donors (Lipinski definition) is 1. The van der Waals surface area contributed by atoms with Gasteiger partial charge in [-0.3, -0.25) is 0 Å². The van der Waals surface area contributed by atoms with Crippen molar-refractivity contribution in [3.05, 3.63) is 11.6 Å². The fraction of sp³-hybridized carbons (Fsp3) is 0.875. The maximum atomic E-state index is 3.94. The number of hydrogen-bond acceptors (Lipinski definition) is 1. The lowest BCUT2D eigenvalue weighted by atomic mass is 9.86. The van der Waals surface area contributed by atoms with Crippen molar-refractivity contribution in [1.29, 1.82) is 0 Å². The van der Waals surface area contributed by atoms with E-state index in [0.717, 1.165) is 6.04 Å². The minimum absolute atomic E-state index is 0.703. The SMILES string of the molecule is CC(C)C=C1CCCC[C@@H]1NC1CCCCC1. The van der Waals surface area contributed by atoms with Crippen molar-refractivity contribution in [1.82, 2.24) is 5.32 Å². The van der Waals surface area contributed by atoms with Crippen molar-refractivity contribution >= 4 is 0 Å². The van der Waals surface area contributed by atoms with Gasteiger partial charge in [-0.05, 0) is 38.0 Å². The Morgan fingerprint density at radius 3 is 2.41 bits per heavy atom. The molecule has 0 aromatic rings. The van der Waals surface area contributed by atoms with Gasteiger partial charge in [-0.15, -0.1) is 0 Å². The molecule has 2 saturated carbocycles. The Labute approximate surface area is 107 Å². The van der Waals surface area contributed by atoms with Gasteiger partial charge >= 0.3 is 0 Å². The van der Waals surface area contributed by atoms with Gasteiger partial charge in [0.15, 0.2) is 0 Å². The molecule has 0 bridgehead atoms. The van der Waals surface area contributed by atoms with Crippen LogP contribution in [0.5, 0.6) is 0 Å². The zero-order chi connectivity index (χ0) is 12.1. The van der Waals surface area contributed by atoms with Crippen LogP contribution < -0.4 is 5.32 Å². The summed E-state index contributed by atoms with van der Waals surface area (Å²) in [5.74, 6) is 0.707. The van der Waals surface area contributed by atoms with Crippen molar-refractivity contribution in [2.24, 2.45) is 5.92 Å². The van der Waals surface area contributed by atoms with Crippen molar-refractivity contribution in [3.8, 4) is 0 Å². The van der Waals surface area contributed by atoms with Gasteiger partial charge in [-0.2, -0.15) is 0 Å². The first-order chi connectivity index (χ1) is 8.25. The van der Waals surface area contributed by atoms with Crippen molar-refractivity contribution in [2.75, 3.05) is 0 Å². The van der Waals surface area contributed by atoms with Crippen LogP contribution in [0.1, 0.15) is 71.6 Å². The van der Waals surface area contributed by atoms with Gasteiger partial charge in [0.25, 0.3) is 0 Å². The third-order valence-corrected chi connectivity index (χ3v) is 4.25. The second-order valence-electron chi connectivity index (χ2n) is 6.29. The number of rotatable bonds is 3. The van der Waals surface area contributed by atoms with Gasteiger partial charge in [0.05, 0.1) is 0 Å². The summed E-state index contributed by atoms with van der Waals surface area (Å²) < 4.78 is 0. The van der Waals surface area contributed by atoms with Crippen LogP contribution in [0, 0.1) is 5.92 Å². The molecule has 0 saturated heterocycles. The summed E-state index contributed by atoms with van der Waals surface area (Å²) in [5.41, 5.74) is 1.71. The van der Waals surface area contributed by atoms with E-state index in [1.54, 1.807) is 5.57 Å². The molecule has 17 heavy (non-hydrogen) atoms. The minimum atomic E-state index is 0.703. The summed E-state index contributed by atoms with van der Waals surface area (Å²) in [6, 6.07) is 1.51. The molecule has 1 N–H and O–H groups in total. The average molecular weight is 235 g/mol. The van der Waals surface area contributed by atoms with Crippen LogP contribution in [-0.4, -0.2) is 12.1 Å². The lowest BCUT2D eigenvalue weighted by Crippen LogP contribution is -2.41. The Hall–Kier alpha value is -0.300. The summed E-state index contributed by atoms with van der Waals surface area (Å²) in [6.07, 6.45) is 15.2. The highest BCUT2D eigenvalue weighted by Gasteiger charge is 2.22. The Morgan fingerprint density at radius 1 is 1.00 bits per heavy atom. The van der Waals surface area contributed by atoms with Crippen molar-refractivity contribution in [3.63, 3.8) is 0 Å². The second kappa shape index (κ2) is 6.58. The number of nitrogens with one attached hydrogen (secondary N) is 1. The van der Waals surface area contributed by atoms with Crippen LogP contribution in [0.15, 0.2) is 11.6 Å². The van der Waals surface area contributed by atoms with Crippen LogP contribution in [0.25, 0.3) is 0 Å². The van der Waals surface area contributed by atoms with Crippen LogP contribution in [0.3, 0.4) is 0 Å². The van der Waals surface area contributed by atoms with Gasteiger partial charge in [0.2, 0.25) is 0 Å². The molecule has 0 aliphatic heterocycles. The first-order valence-electron chi connectivity index (χ1n) is 7.72. The van der Waals surface area contributed by atoms with Gasteiger partial charge in [-0.25, -0.2) is 0 Å². The summed E-state index contributed by atoms with van der Waals surface area (Å²) in [4.78, 5) is 0. The van der Waals surface area contributed by atoms with Crippen LogP contribution in [0.4, 0.5) is 0 Å². The molecule has 0 spiro atoms. The highest BCUT2D eigenvalue weighted by atomic mass is 15.0. The smallest absolute Gasteiger partial charge is 0.0282 e. The Morgan fingerprint density at radius 2 is 1.71 bits per heavy atom. The topological polar surface area (TPSA) is 12.0 Å². The fourth-order valence-corrected chi connectivity index (χ4v) is 3.41. The van der Waals surface area contributed by atoms with E-state index >= 15 is 0 Å². The fourth-order valence-electron chi connectivity index (χ4n) is 3.41. The molecule has 2 fully saturated rings.